The predicted octanol–water partition coefficient (Wildman–Crippen LogP) is 3.20. The van der Waals surface area contributed by atoms with Crippen LogP contribution in [0.25, 0.3) is 0 Å². The fourth-order valence-electron chi connectivity index (χ4n) is 3.32. The summed E-state index contributed by atoms with van der Waals surface area (Å²) < 4.78 is 24.7. The zero-order chi connectivity index (χ0) is 19.8. The second-order valence-corrected chi connectivity index (χ2v) is 6.86. The molecule has 2 aromatic rings. The molecule has 5 nitrogen and oxygen atoms in total. The Labute approximate surface area is 165 Å². The molecule has 0 aliphatic carbocycles. The number of carbonyl (C=O) groups excluding carboxylic acids is 1. The molecule has 1 heterocycles. The zero-order valence-corrected chi connectivity index (χ0v) is 16.3. The standard InChI is InChI=1S/C22H27FN2O3/c1-27-19-9-7-18(8-10-19)17-25(12-4-11-24-13-15-28-16-14-24)22(26)20-5-2-3-6-21(20)23/h2-3,5-10H,4,11-17H2,1H3. The number of carbonyl (C=O) groups is 1. The quantitative estimate of drug-likeness (QED) is 0.699. The van der Waals surface area contributed by atoms with E-state index in [9.17, 15) is 9.18 Å². The molecule has 0 saturated carbocycles. The Morgan fingerprint density at radius 3 is 2.54 bits per heavy atom. The Morgan fingerprint density at radius 1 is 1.14 bits per heavy atom. The van der Waals surface area contributed by atoms with Crippen molar-refractivity contribution in [2.75, 3.05) is 46.5 Å². The van der Waals surface area contributed by atoms with Crippen LogP contribution in [0.15, 0.2) is 48.5 Å². The number of ether oxygens (including phenoxy) is 2. The third-order valence-corrected chi connectivity index (χ3v) is 4.93. The van der Waals surface area contributed by atoms with Gasteiger partial charge in [0, 0.05) is 32.7 Å². The molecule has 0 spiro atoms. The predicted molar refractivity (Wildman–Crippen MR) is 106 cm³/mol. The molecule has 28 heavy (non-hydrogen) atoms. The number of benzene rings is 2. The summed E-state index contributed by atoms with van der Waals surface area (Å²) in [6, 6.07) is 13.8. The van der Waals surface area contributed by atoms with Crippen LogP contribution in [0.3, 0.4) is 0 Å². The van der Waals surface area contributed by atoms with Gasteiger partial charge in [0.05, 0.1) is 25.9 Å². The first kappa shape index (κ1) is 20.3. The van der Waals surface area contributed by atoms with E-state index in [0.717, 1.165) is 50.6 Å². The summed E-state index contributed by atoms with van der Waals surface area (Å²) in [6.45, 7) is 5.23. The first-order valence-electron chi connectivity index (χ1n) is 9.64. The normalized spacial score (nSPS) is 14.6. The van der Waals surface area contributed by atoms with Crippen LogP contribution in [-0.4, -0.2) is 62.2 Å². The van der Waals surface area contributed by atoms with Gasteiger partial charge in [0.2, 0.25) is 0 Å². The maximum Gasteiger partial charge on any atom is 0.257 e. The Kier molecular flexibility index (Phi) is 7.39. The summed E-state index contributed by atoms with van der Waals surface area (Å²) >= 11 is 0. The first-order valence-corrected chi connectivity index (χ1v) is 9.64. The number of rotatable bonds is 8. The van der Waals surface area contributed by atoms with Crippen molar-refractivity contribution in [3.8, 4) is 5.75 Å². The monoisotopic (exact) mass is 386 g/mol. The minimum absolute atomic E-state index is 0.113. The number of amides is 1. The summed E-state index contributed by atoms with van der Waals surface area (Å²) in [6.07, 6.45) is 0.830. The van der Waals surface area contributed by atoms with Crippen molar-refractivity contribution in [1.82, 2.24) is 9.80 Å². The highest BCUT2D eigenvalue weighted by Crippen LogP contribution is 2.16. The second kappa shape index (κ2) is 10.2. The number of morpholine rings is 1. The van der Waals surface area contributed by atoms with Gasteiger partial charge >= 0.3 is 0 Å². The SMILES string of the molecule is COc1ccc(CN(CCCN2CCOCC2)C(=O)c2ccccc2F)cc1. The lowest BCUT2D eigenvalue weighted by Crippen LogP contribution is -2.39. The minimum Gasteiger partial charge on any atom is -0.497 e. The van der Waals surface area contributed by atoms with Gasteiger partial charge in [-0.15, -0.1) is 0 Å². The molecular formula is C22H27FN2O3. The van der Waals surface area contributed by atoms with E-state index in [1.165, 1.54) is 6.07 Å². The van der Waals surface area contributed by atoms with Crippen LogP contribution < -0.4 is 4.74 Å². The molecule has 6 heteroatoms. The lowest BCUT2D eigenvalue weighted by molar-refractivity contribution is 0.0355. The fourth-order valence-corrected chi connectivity index (χ4v) is 3.32. The molecule has 2 aromatic carbocycles. The van der Waals surface area contributed by atoms with Crippen LogP contribution in [0.4, 0.5) is 4.39 Å². The van der Waals surface area contributed by atoms with Gasteiger partial charge in [0.25, 0.3) is 5.91 Å². The van der Waals surface area contributed by atoms with Crippen molar-refractivity contribution in [1.29, 1.82) is 0 Å². The van der Waals surface area contributed by atoms with Gasteiger partial charge in [-0.1, -0.05) is 24.3 Å². The van der Waals surface area contributed by atoms with Gasteiger partial charge in [-0.25, -0.2) is 4.39 Å². The van der Waals surface area contributed by atoms with E-state index in [4.69, 9.17) is 9.47 Å². The van der Waals surface area contributed by atoms with Crippen LogP contribution in [0.1, 0.15) is 22.3 Å². The first-order chi connectivity index (χ1) is 13.7. The molecule has 1 fully saturated rings. The average molecular weight is 386 g/mol. The molecule has 0 N–H and O–H groups in total. The third-order valence-electron chi connectivity index (χ3n) is 4.93. The van der Waals surface area contributed by atoms with Crippen molar-refractivity contribution in [2.24, 2.45) is 0 Å². The Bertz CT molecular complexity index is 761. The van der Waals surface area contributed by atoms with E-state index < -0.39 is 5.82 Å². The Balaban J connectivity index is 1.68. The summed E-state index contributed by atoms with van der Waals surface area (Å²) in [7, 11) is 1.62. The lowest BCUT2D eigenvalue weighted by Gasteiger charge is -2.28. The van der Waals surface area contributed by atoms with Gasteiger partial charge in [-0.2, -0.15) is 0 Å². The molecule has 3 rings (SSSR count). The summed E-state index contributed by atoms with van der Waals surface area (Å²) in [4.78, 5) is 17.1. The zero-order valence-electron chi connectivity index (χ0n) is 16.3. The van der Waals surface area contributed by atoms with Crippen molar-refractivity contribution < 1.29 is 18.7 Å². The number of hydrogen-bond donors (Lipinski definition) is 0. The maximum atomic E-state index is 14.2. The summed E-state index contributed by atoms with van der Waals surface area (Å²) in [5, 5.41) is 0. The summed E-state index contributed by atoms with van der Waals surface area (Å²) in [5.74, 6) is -0.000599. The average Bonchev–Trinajstić information content (AvgIpc) is 2.74. The number of methoxy groups -OCH3 is 1. The van der Waals surface area contributed by atoms with Crippen molar-refractivity contribution in [3.63, 3.8) is 0 Å². The second-order valence-electron chi connectivity index (χ2n) is 6.86. The van der Waals surface area contributed by atoms with E-state index in [2.05, 4.69) is 4.90 Å². The van der Waals surface area contributed by atoms with Gasteiger partial charge in [0.1, 0.15) is 11.6 Å². The Hall–Kier alpha value is -2.44. The van der Waals surface area contributed by atoms with E-state index in [0.29, 0.717) is 13.1 Å². The highest BCUT2D eigenvalue weighted by Gasteiger charge is 2.20. The lowest BCUT2D eigenvalue weighted by atomic mass is 10.1. The molecular weight excluding hydrogens is 359 g/mol. The third kappa shape index (κ3) is 5.53. The minimum atomic E-state index is -0.486. The molecule has 1 saturated heterocycles. The molecule has 1 aliphatic heterocycles. The van der Waals surface area contributed by atoms with Crippen LogP contribution in [0.5, 0.6) is 5.75 Å². The topological polar surface area (TPSA) is 42.0 Å². The number of nitrogens with zero attached hydrogens (tertiary/aromatic N) is 2. The fraction of sp³-hybridized carbons (Fsp3) is 0.409. The highest BCUT2D eigenvalue weighted by molar-refractivity contribution is 5.94. The van der Waals surface area contributed by atoms with Crippen LogP contribution >= 0.6 is 0 Å². The molecule has 150 valence electrons. The number of hydrogen-bond acceptors (Lipinski definition) is 4. The van der Waals surface area contributed by atoms with E-state index in [1.807, 2.05) is 24.3 Å². The molecule has 0 unspecified atom stereocenters. The van der Waals surface area contributed by atoms with Gasteiger partial charge < -0.3 is 14.4 Å². The van der Waals surface area contributed by atoms with Gasteiger partial charge in [-0.3, -0.25) is 9.69 Å². The van der Waals surface area contributed by atoms with E-state index in [1.54, 1.807) is 30.2 Å². The molecule has 0 aromatic heterocycles. The molecule has 1 aliphatic rings. The van der Waals surface area contributed by atoms with E-state index in [-0.39, 0.29) is 11.5 Å². The van der Waals surface area contributed by atoms with Crippen LogP contribution in [0, 0.1) is 5.82 Å². The van der Waals surface area contributed by atoms with Crippen molar-refractivity contribution >= 4 is 5.91 Å². The van der Waals surface area contributed by atoms with Crippen molar-refractivity contribution in [2.45, 2.75) is 13.0 Å². The largest absolute Gasteiger partial charge is 0.497 e. The molecule has 0 radical (unpaired) electrons. The number of halogens is 1. The van der Waals surface area contributed by atoms with Crippen molar-refractivity contribution in [3.05, 3.63) is 65.5 Å². The van der Waals surface area contributed by atoms with Crippen LogP contribution in [-0.2, 0) is 11.3 Å². The smallest absolute Gasteiger partial charge is 0.257 e. The highest BCUT2D eigenvalue weighted by atomic mass is 19.1. The van der Waals surface area contributed by atoms with E-state index >= 15 is 0 Å². The molecule has 0 atom stereocenters. The van der Waals surface area contributed by atoms with Crippen LogP contribution in [0.2, 0.25) is 0 Å². The van der Waals surface area contributed by atoms with Gasteiger partial charge in [-0.05, 0) is 36.2 Å². The van der Waals surface area contributed by atoms with Gasteiger partial charge in [0.15, 0.2) is 0 Å². The Morgan fingerprint density at radius 2 is 1.86 bits per heavy atom. The summed E-state index contributed by atoms with van der Waals surface area (Å²) in [5.41, 5.74) is 1.10. The molecule has 0 bridgehead atoms. The maximum absolute atomic E-state index is 14.2. The molecule has 1 amide bonds.